The SMILES string of the molecule is Cc1ccc(Cl)cc1NC(=O)CCCN(c1ccccc1F)S(C)(=O)=O. The van der Waals surface area contributed by atoms with Crippen molar-refractivity contribution in [1.82, 2.24) is 0 Å². The van der Waals surface area contributed by atoms with Gasteiger partial charge in [-0.3, -0.25) is 9.10 Å². The molecule has 1 N–H and O–H groups in total. The molecule has 0 spiro atoms. The van der Waals surface area contributed by atoms with Gasteiger partial charge in [0.1, 0.15) is 5.82 Å². The van der Waals surface area contributed by atoms with E-state index in [0.29, 0.717) is 10.7 Å². The lowest BCUT2D eigenvalue weighted by Gasteiger charge is -2.22. The van der Waals surface area contributed by atoms with Gasteiger partial charge in [0.2, 0.25) is 15.9 Å². The number of amides is 1. The van der Waals surface area contributed by atoms with Gasteiger partial charge in [0.05, 0.1) is 11.9 Å². The lowest BCUT2D eigenvalue weighted by molar-refractivity contribution is -0.116. The Morgan fingerprint density at radius 1 is 1.23 bits per heavy atom. The Morgan fingerprint density at radius 3 is 2.58 bits per heavy atom. The summed E-state index contributed by atoms with van der Waals surface area (Å²) >= 11 is 5.92. The summed E-state index contributed by atoms with van der Waals surface area (Å²) < 4.78 is 38.9. The fourth-order valence-electron chi connectivity index (χ4n) is 2.44. The highest BCUT2D eigenvalue weighted by atomic mass is 35.5. The van der Waals surface area contributed by atoms with E-state index >= 15 is 0 Å². The molecule has 0 fully saturated rings. The standard InChI is InChI=1S/C18H20ClFN2O3S/c1-13-9-10-14(19)12-16(13)21-18(23)8-5-11-22(26(2,24)25)17-7-4-3-6-15(17)20/h3-4,6-7,9-10,12H,5,8,11H2,1-2H3,(H,21,23). The van der Waals surface area contributed by atoms with Crippen LogP contribution in [0.25, 0.3) is 0 Å². The van der Waals surface area contributed by atoms with E-state index in [-0.39, 0.29) is 31.0 Å². The van der Waals surface area contributed by atoms with Crippen LogP contribution in [0.2, 0.25) is 5.02 Å². The smallest absolute Gasteiger partial charge is 0.232 e. The summed E-state index contributed by atoms with van der Waals surface area (Å²) in [6, 6.07) is 10.8. The predicted molar refractivity (Wildman–Crippen MR) is 103 cm³/mol. The number of carbonyl (C=O) groups is 1. The molecular formula is C18H20ClFN2O3S. The van der Waals surface area contributed by atoms with Gasteiger partial charge < -0.3 is 5.32 Å². The van der Waals surface area contributed by atoms with E-state index in [2.05, 4.69) is 5.32 Å². The summed E-state index contributed by atoms with van der Waals surface area (Å²) in [5.74, 6) is -0.894. The van der Waals surface area contributed by atoms with Gasteiger partial charge in [0.25, 0.3) is 0 Å². The van der Waals surface area contributed by atoms with Gasteiger partial charge in [-0.1, -0.05) is 29.8 Å². The molecule has 2 aromatic carbocycles. The van der Waals surface area contributed by atoms with Crippen LogP contribution in [-0.2, 0) is 14.8 Å². The molecule has 26 heavy (non-hydrogen) atoms. The van der Waals surface area contributed by atoms with E-state index in [0.717, 1.165) is 16.1 Å². The molecule has 5 nitrogen and oxygen atoms in total. The van der Waals surface area contributed by atoms with Crippen LogP contribution in [0.3, 0.4) is 0 Å². The van der Waals surface area contributed by atoms with Crippen LogP contribution in [0.4, 0.5) is 15.8 Å². The van der Waals surface area contributed by atoms with Crippen molar-refractivity contribution in [1.29, 1.82) is 0 Å². The predicted octanol–water partition coefficient (Wildman–Crippen LogP) is 3.97. The number of para-hydroxylation sites is 1. The first kappa shape index (κ1) is 20.2. The molecule has 0 bridgehead atoms. The second-order valence-corrected chi connectivity index (χ2v) is 8.24. The quantitative estimate of drug-likeness (QED) is 0.767. The van der Waals surface area contributed by atoms with E-state index in [1.807, 2.05) is 6.92 Å². The Kier molecular flexibility index (Phi) is 6.61. The summed E-state index contributed by atoms with van der Waals surface area (Å²) in [6.45, 7) is 1.84. The third-order valence-electron chi connectivity index (χ3n) is 3.76. The summed E-state index contributed by atoms with van der Waals surface area (Å²) in [5, 5.41) is 3.26. The van der Waals surface area contributed by atoms with Crippen molar-refractivity contribution >= 4 is 38.9 Å². The molecule has 0 saturated heterocycles. The Balaban J connectivity index is 2.01. The van der Waals surface area contributed by atoms with E-state index in [1.165, 1.54) is 18.2 Å². The highest BCUT2D eigenvalue weighted by Crippen LogP contribution is 2.23. The van der Waals surface area contributed by atoms with Gasteiger partial charge in [-0.05, 0) is 43.2 Å². The molecule has 0 atom stereocenters. The van der Waals surface area contributed by atoms with Crippen LogP contribution in [0.5, 0.6) is 0 Å². The first-order valence-electron chi connectivity index (χ1n) is 7.97. The highest BCUT2D eigenvalue weighted by Gasteiger charge is 2.20. The van der Waals surface area contributed by atoms with Gasteiger partial charge in [0.15, 0.2) is 0 Å². The van der Waals surface area contributed by atoms with Crippen molar-refractivity contribution in [3.8, 4) is 0 Å². The maximum atomic E-state index is 13.9. The monoisotopic (exact) mass is 398 g/mol. The van der Waals surface area contributed by atoms with Gasteiger partial charge in [0, 0.05) is 23.7 Å². The van der Waals surface area contributed by atoms with E-state index in [9.17, 15) is 17.6 Å². The summed E-state index contributed by atoms with van der Waals surface area (Å²) in [6.07, 6.45) is 1.34. The molecule has 0 aromatic heterocycles. The molecule has 0 radical (unpaired) electrons. The summed E-state index contributed by atoms with van der Waals surface area (Å²) in [5.41, 5.74) is 1.45. The number of hydrogen-bond donors (Lipinski definition) is 1. The molecule has 0 aliphatic heterocycles. The van der Waals surface area contributed by atoms with Gasteiger partial charge in [-0.15, -0.1) is 0 Å². The van der Waals surface area contributed by atoms with Crippen LogP contribution in [0.15, 0.2) is 42.5 Å². The number of nitrogens with zero attached hydrogens (tertiary/aromatic N) is 1. The molecule has 0 aliphatic rings. The zero-order valence-corrected chi connectivity index (χ0v) is 16.1. The minimum Gasteiger partial charge on any atom is -0.326 e. The van der Waals surface area contributed by atoms with Crippen LogP contribution in [0, 0.1) is 12.7 Å². The van der Waals surface area contributed by atoms with Crippen molar-refractivity contribution < 1.29 is 17.6 Å². The average Bonchev–Trinajstić information content (AvgIpc) is 2.55. The highest BCUT2D eigenvalue weighted by molar-refractivity contribution is 7.92. The molecule has 1 amide bonds. The third kappa shape index (κ3) is 5.44. The van der Waals surface area contributed by atoms with Crippen molar-refractivity contribution in [3.05, 3.63) is 58.9 Å². The zero-order valence-electron chi connectivity index (χ0n) is 14.5. The average molecular weight is 399 g/mol. The molecule has 0 heterocycles. The van der Waals surface area contributed by atoms with Crippen molar-refractivity contribution in [2.75, 3.05) is 22.4 Å². The number of rotatable bonds is 7. The number of aryl methyl sites for hydroxylation is 1. The zero-order chi connectivity index (χ0) is 19.3. The first-order chi connectivity index (χ1) is 12.2. The lowest BCUT2D eigenvalue weighted by Crippen LogP contribution is -2.32. The maximum absolute atomic E-state index is 13.9. The number of hydrogen-bond acceptors (Lipinski definition) is 3. The Hall–Kier alpha value is -2.12. The van der Waals surface area contributed by atoms with Gasteiger partial charge in [-0.2, -0.15) is 0 Å². The molecule has 0 saturated carbocycles. The maximum Gasteiger partial charge on any atom is 0.232 e. The Bertz CT molecular complexity index is 903. The van der Waals surface area contributed by atoms with Gasteiger partial charge in [-0.25, -0.2) is 12.8 Å². The molecule has 2 aromatic rings. The number of benzene rings is 2. The fraction of sp³-hybridized carbons (Fsp3) is 0.278. The second kappa shape index (κ2) is 8.51. The van der Waals surface area contributed by atoms with Crippen molar-refractivity contribution in [3.63, 3.8) is 0 Å². The number of sulfonamides is 1. The molecule has 140 valence electrons. The summed E-state index contributed by atoms with van der Waals surface area (Å²) in [7, 11) is -3.67. The van der Waals surface area contributed by atoms with Crippen molar-refractivity contribution in [2.45, 2.75) is 19.8 Å². The number of anilines is 2. The fourth-order valence-corrected chi connectivity index (χ4v) is 3.58. The number of nitrogens with one attached hydrogen (secondary N) is 1. The van der Waals surface area contributed by atoms with Crippen LogP contribution < -0.4 is 9.62 Å². The van der Waals surface area contributed by atoms with E-state index in [1.54, 1.807) is 24.3 Å². The lowest BCUT2D eigenvalue weighted by atomic mass is 10.2. The molecular weight excluding hydrogens is 379 g/mol. The molecule has 0 aliphatic carbocycles. The normalized spacial score (nSPS) is 11.2. The minimum atomic E-state index is -3.67. The van der Waals surface area contributed by atoms with Crippen molar-refractivity contribution in [2.24, 2.45) is 0 Å². The Labute approximate surface area is 157 Å². The minimum absolute atomic E-state index is 0.00170. The number of halogens is 2. The number of carbonyl (C=O) groups excluding carboxylic acids is 1. The topological polar surface area (TPSA) is 66.5 Å². The van der Waals surface area contributed by atoms with Gasteiger partial charge >= 0.3 is 0 Å². The van der Waals surface area contributed by atoms with Crippen LogP contribution in [-0.4, -0.2) is 27.1 Å². The largest absolute Gasteiger partial charge is 0.326 e. The van der Waals surface area contributed by atoms with Crippen LogP contribution in [0.1, 0.15) is 18.4 Å². The first-order valence-corrected chi connectivity index (χ1v) is 10.2. The van der Waals surface area contributed by atoms with E-state index < -0.39 is 15.8 Å². The summed E-state index contributed by atoms with van der Waals surface area (Å²) in [4.78, 5) is 12.1. The molecule has 2 rings (SSSR count). The van der Waals surface area contributed by atoms with E-state index in [4.69, 9.17) is 11.6 Å². The van der Waals surface area contributed by atoms with Crippen LogP contribution >= 0.6 is 11.6 Å². The second-order valence-electron chi connectivity index (χ2n) is 5.90. The third-order valence-corrected chi connectivity index (χ3v) is 5.18. The molecule has 0 unspecified atom stereocenters. The molecule has 8 heteroatoms. The Morgan fingerprint density at radius 2 is 1.92 bits per heavy atom.